The third kappa shape index (κ3) is 6.50. The number of anilines is 1. The lowest BCUT2D eigenvalue weighted by Crippen LogP contribution is -2.11. The smallest absolute Gasteiger partial charge is 0.119 e. The molecule has 0 saturated heterocycles. The van der Waals surface area contributed by atoms with Crippen LogP contribution in [0.4, 0.5) is 5.69 Å². The maximum absolute atomic E-state index is 6.02. The number of halogens is 1. The molecule has 0 fully saturated rings. The summed E-state index contributed by atoms with van der Waals surface area (Å²) in [6.07, 6.45) is 2.04. The molecule has 0 aliphatic carbocycles. The first kappa shape index (κ1) is 20.1. The van der Waals surface area contributed by atoms with Gasteiger partial charge in [0.05, 0.1) is 6.61 Å². The van der Waals surface area contributed by atoms with Crippen molar-refractivity contribution < 1.29 is 9.47 Å². The highest BCUT2D eigenvalue weighted by Crippen LogP contribution is 2.21. The van der Waals surface area contributed by atoms with Crippen LogP contribution in [0.15, 0.2) is 72.8 Å². The molecule has 0 unspecified atom stereocenters. The van der Waals surface area contributed by atoms with Crippen molar-refractivity contribution in [3.05, 3.63) is 88.9 Å². The van der Waals surface area contributed by atoms with Gasteiger partial charge in [0.2, 0.25) is 0 Å². The number of nitrogens with one attached hydrogen (secondary N) is 1. The zero-order chi connectivity index (χ0) is 19.6. The summed E-state index contributed by atoms with van der Waals surface area (Å²) in [7, 11) is 0. The maximum Gasteiger partial charge on any atom is 0.119 e. The van der Waals surface area contributed by atoms with Gasteiger partial charge in [-0.15, -0.1) is 0 Å². The van der Waals surface area contributed by atoms with E-state index < -0.39 is 0 Å². The monoisotopic (exact) mass is 395 g/mol. The molecule has 0 radical (unpaired) electrons. The Labute approximate surface area is 172 Å². The van der Waals surface area contributed by atoms with E-state index in [2.05, 4.69) is 29.6 Å². The van der Waals surface area contributed by atoms with Crippen molar-refractivity contribution in [3.8, 4) is 11.5 Å². The van der Waals surface area contributed by atoms with Gasteiger partial charge in [-0.2, -0.15) is 0 Å². The standard InChI is InChI=1S/C24H26ClNO2/c1-19-18-23(13-14-24(19)25)28-17-15-26-21-9-11-22(12-10-21)27-16-5-8-20-6-3-2-4-7-20/h2-4,6-7,9-14,18,26H,5,8,15-17H2,1H3. The largest absolute Gasteiger partial charge is 0.494 e. The highest BCUT2D eigenvalue weighted by molar-refractivity contribution is 6.31. The molecule has 3 aromatic rings. The lowest BCUT2D eigenvalue weighted by molar-refractivity contribution is 0.311. The zero-order valence-corrected chi connectivity index (χ0v) is 16.9. The quantitative estimate of drug-likeness (QED) is 0.417. The van der Waals surface area contributed by atoms with E-state index in [1.165, 1.54) is 5.56 Å². The molecule has 0 aliphatic rings. The molecule has 3 rings (SSSR count). The average Bonchev–Trinajstić information content (AvgIpc) is 2.73. The van der Waals surface area contributed by atoms with Gasteiger partial charge in [-0.3, -0.25) is 0 Å². The minimum absolute atomic E-state index is 0.582. The Balaban J connectivity index is 1.33. The second-order valence-corrected chi connectivity index (χ2v) is 7.06. The van der Waals surface area contributed by atoms with E-state index in [1.807, 2.05) is 55.5 Å². The van der Waals surface area contributed by atoms with Gasteiger partial charge in [0.15, 0.2) is 0 Å². The van der Waals surface area contributed by atoms with E-state index in [0.717, 1.165) is 53.8 Å². The van der Waals surface area contributed by atoms with Crippen LogP contribution < -0.4 is 14.8 Å². The van der Waals surface area contributed by atoms with E-state index in [-0.39, 0.29) is 0 Å². The van der Waals surface area contributed by atoms with Crippen LogP contribution >= 0.6 is 11.6 Å². The summed E-state index contributed by atoms with van der Waals surface area (Å²) in [5, 5.41) is 4.11. The first-order valence-corrected chi connectivity index (χ1v) is 9.98. The van der Waals surface area contributed by atoms with Crippen LogP contribution in [0.25, 0.3) is 0 Å². The van der Waals surface area contributed by atoms with Gasteiger partial charge < -0.3 is 14.8 Å². The molecule has 0 heterocycles. The fourth-order valence-corrected chi connectivity index (χ4v) is 2.97. The molecule has 0 atom stereocenters. The van der Waals surface area contributed by atoms with Crippen LogP contribution in [0.5, 0.6) is 11.5 Å². The van der Waals surface area contributed by atoms with E-state index in [4.69, 9.17) is 21.1 Å². The molecule has 3 nitrogen and oxygen atoms in total. The number of benzene rings is 3. The third-order valence-corrected chi connectivity index (χ3v) is 4.83. The maximum atomic E-state index is 6.02. The number of hydrogen-bond acceptors (Lipinski definition) is 3. The highest BCUT2D eigenvalue weighted by atomic mass is 35.5. The predicted molar refractivity (Wildman–Crippen MR) is 117 cm³/mol. The molecule has 0 amide bonds. The number of rotatable bonds is 10. The minimum atomic E-state index is 0.582. The molecule has 0 aromatic heterocycles. The number of ether oxygens (including phenoxy) is 2. The minimum Gasteiger partial charge on any atom is -0.494 e. The molecular weight excluding hydrogens is 370 g/mol. The van der Waals surface area contributed by atoms with E-state index in [9.17, 15) is 0 Å². The first-order chi connectivity index (χ1) is 13.7. The summed E-state index contributed by atoms with van der Waals surface area (Å²) in [6.45, 7) is 3.99. The normalized spacial score (nSPS) is 10.5. The molecule has 4 heteroatoms. The fourth-order valence-electron chi connectivity index (χ4n) is 2.85. The van der Waals surface area contributed by atoms with Gasteiger partial charge in [0, 0.05) is 17.3 Å². The van der Waals surface area contributed by atoms with Crippen LogP contribution in [-0.2, 0) is 6.42 Å². The van der Waals surface area contributed by atoms with E-state index in [1.54, 1.807) is 0 Å². The van der Waals surface area contributed by atoms with Gasteiger partial charge >= 0.3 is 0 Å². The molecular formula is C24H26ClNO2. The summed E-state index contributed by atoms with van der Waals surface area (Å²) in [6, 6.07) is 24.2. The first-order valence-electron chi connectivity index (χ1n) is 9.60. The number of aryl methyl sites for hydroxylation is 2. The van der Waals surface area contributed by atoms with Gasteiger partial charge in [-0.05, 0) is 73.4 Å². The average molecular weight is 396 g/mol. The van der Waals surface area contributed by atoms with Crippen LogP contribution in [0, 0.1) is 6.92 Å². The van der Waals surface area contributed by atoms with Gasteiger partial charge in [-0.25, -0.2) is 0 Å². The fraction of sp³-hybridized carbons (Fsp3) is 0.250. The van der Waals surface area contributed by atoms with Crippen molar-refractivity contribution in [2.45, 2.75) is 19.8 Å². The van der Waals surface area contributed by atoms with E-state index in [0.29, 0.717) is 6.61 Å². The van der Waals surface area contributed by atoms with Crippen molar-refractivity contribution in [3.63, 3.8) is 0 Å². The van der Waals surface area contributed by atoms with Crippen molar-refractivity contribution in [1.82, 2.24) is 0 Å². The molecule has 0 spiro atoms. The third-order valence-electron chi connectivity index (χ3n) is 4.40. The van der Waals surface area contributed by atoms with Crippen LogP contribution in [0.3, 0.4) is 0 Å². The molecule has 28 heavy (non-hydrogen) atoms. The van der Waals surface area contributed by atoms with Crippen LogP contribution in [0.2, 0.25) is 5.02 Å². The molecule has 0 aliphatic heterocycles. The van der Waals surface area contributed by atoms with Crippen molar-refractivity contribution in [2.75, 3.05) is 25.1 Å². The van der Waals surface area contributed by atoms with E-state index >= 15 is 0 Å². The molecule has 1 N–H and O–H groups in total. The summed E-state index contributed by atoms with van der Waals surface area (Å²) in [4.78, 5) is 0. The van der Waals surface area contributed by atoms with Crippen molar-refractivity contribution in [1.29, 1.82) is 0 Å². The Bertz CT molecular complexity index is 850. The van der Waals surface area contributed by atoms with Gasteiger partial charge in [0.25, 0.3) is 0 Å². The summed E-state index contributed by atoms with van der Waals surface area (Å²) in [5.41, 5.74) is 3.42. The Kier molecular flexibility index (Phi) is 7.62. The highest BCUT2D eigenvalue weighted by Gasteiger charge is 2.00. The second kappa shape index (κ2) is 10.6. The van der Waals surface area contributed by atoms with Crippen LogP contribution in [-0.4, -0.2) is 19.8 Å². The van der Waals surface area contributed by atoms with Crippen molar-refractivity contribution in [2.24, 2.45) is 0 Å². The zero-order valence-electron chi connectivity index (χ0n) is 16.2. The van der Waals surface area contributed by atoms with Gasteiger partial charge in [0.1, 0.15) is 18.1 Å². The van der Waals surface area contributed by atoms with Crippen LogP contribution in [0.1, 0.15) is 17.5 Å². The van der Waals surface area contributed by atoms with Crippen molar-refractivity contribution >= 4 is 17.3 Å². The summed E-state index contributed by atoms with van der Waals surface area (Å²) in [5.74, 6) is 1.73. The number of hydrogen-bond donors (Lipinski definition) is 1. The molecule has 0 bridgehead atoms. The Hall–Kier alpha value is -2.65. The predicted octanol–water partition coefficient (Wildman–Crippen LogP) is 6.15. The Morgan fingerprint density at radius 2 is 1.54 bits per heavy atom. The summed E-state index contributed by atoms with van der Waals surface area (Å²) >= 11 is 6.02. The molecule has 146 valence electrons. The molecule has 3 aromatic carbocycles. The topological polar surface area (TPSA) is 30.5 Å². The SMILES string of the molecule is Cc1cc(OCCNc2ccc(OCCCc3ccccc3)cc2)ccc1Cl. The second-order valence-electron chi connectivity index (χ2n) is 6.65. The molecule has 0 saturated carbocycles. The Morgan fingerprint density at radius 1 is 0.821 bits per heavy atom. The summed E-state index contributed by atoms with van der Waals surface area (Å²) < 4.78 is 11.6. The Morgan fingerprint density at radius 3 is 2.29 bits per heavy atom. The lowest BCUT2D eigenvalue weighted by Gasteiger charge is -2.11. The van der Waals surface area contributed by atoms with Gasteiger partial charge in [-0.1, -0.05) is 41.9 Å². The lowest BCUT2D eigenvalue weighted by atomic mass is 10.1.